The van der Waals surface area contributed by atoms with Crippen LogP contribution < -0.4 is 5.43 Å². The lowest BCUT2D eigenvalue weighted by molar-refractivity contribution is 0.476. The highest BCUT2D eigenvalue weighted by molar-refractivity contribution is 8.15. The molecule has 0 radical (unpaired) electrons. The summed E-state index contributed by atoms with van der Waals surface area (Å²) in [5.74, 6) is 0.799. The zero-order valence-corrected chi connectivity index (χ0v) is 9.55. The minimum atomic E-state index is 0.144. The summed E-state index contributed by atoms with van der Waals surface area (Å²) >= 11 is 1.88. The molecule has 1 aliphatic carbocycles. The zero-order valence-electron chi connectivity index (χ0n) is 8.73. The molecular weight excluding hydrogens is 204 g/mol. The second kappa shape index (κ2) is 3.27. The number of nitrogens with one attached hydrogen (secondary N) is 1. The molecule has 2 aliphatic rings. The fourth-order valence-corrected chi connectivity index (χ4v) is 3.16. The Hall–Kier alpha value is -0.960. The Bertz CT molecular complexity index is 397. The van der Waals surface area contributed by atoms with E-state index >= 15 is 0 Å². The number of thioether (sulfide) groups is 1. The zero-order chi connectivity index (χ0) is 10.3. The molecule has 3 heteroatoms. The number of rotatable bonds is 2. The maximum atomic E-state index is 4.45. The third kappa shape index (κ3) is 1.65. The third-order valence-corrected chi connectivity index (χ3v) is 4.43. The van der Waals surface area contributed by atoms with Crippen LogP contribution in [0.3, 0.4) is 0 Å². The fraction of sp³-hybridized carbons (Fsp3) is 0.417. The van der Waals surface area contributed by atoms with Gasteiger partial charge >= 0.3 is 0 Å². The Morgan fingerprint density at radius 3 is 2.73 bits per heavy atom. The molecule has 1 aromatic rings. The number of benzene rings is 1. The molecule has 0 aromatic heterocycles. The second-order valence-corrected chi connectivity index (χ2v) is 5.82. The molecule has 1 heterocycles. The standard InChI is InChI=1S/C12H14N2S/c1-12(10-7-8-10)14-13-11(15-12)9-5-3-2-4-6-9/h2-6,10,14H,7-8H2,1H3/t12-/m1/s1. The molecule has 0 saturated heterocycles. The molecule has 78 valence electrons. The molecule has 1 fully saturated rings. The van der Waals surface area contributed by atoms with Gasteiger partial charge in [0.2, 0.25) is 0 Å². The van der Waals surface area contributed by atoms with Crippen molar-refractivity contribution in [1.29, 1.82) is 0 Å². The first kappa shape index (κ1) is 9.28. The van der Waals surface area contributed by atoms with E-state index in [2.05, 4.69) is 41.7 Å². The predicted octanol–water partition coefficient (Wildman–Crippen LogP) is 2.81. The maximum absolute atomic E-state index is 4.45. The Balaban J connectivity index is 1.81. The van der Waals surface area contributed by atoms with Crippen molar-refractivity contribution in [2.45, 2.75) is 24.6 Å². The predicted molar refractivity (Wildman–Crippen MR) is 64.8 cm³/mol. The Morgan fingerprint density at radius 1 is 1.33 bits per heavy atom. The molecule has 3 rings (SSSR count). The molecule has 0 bridgehead atoms. The Morgan fingerprint density at radius 2 is 2.07 bits per heavy atom. The van der Waals surface area contributed by atoms with Crippen LogP contribution in [0.15, 0.2) is 35.4 Å². The van der Waals surface area contributed by atoms with Gasteiger partial charge < -0.3 is 0 Å². The first-order valence-electron chi connectivity index (χ1n) is 5.37. The lowest BCUT2D eigenvalue weighted by Gasteiger charge is -2.21. The van der Waals surface area contributed by atoms with Crippen molar-refractivity contribution in [2.24, 2.45) is 11.0 Å². The minimum Gasteiger partial charge on any atom is -0.292 e. The lowest BCUT2D eigenvalue weighted by atomic mass is 10.2. The molecule has 1 atom stereocenters. The van der Waals surface area contributed by atoms with Gasteiger partial charge in [0, 0.05) is 5.56 Å². The SMILES string of the molecule is C[C@@]1(C2CC2)NN=C(c2ccccc2)S1. The van der Waals surface area contributed by atoms with Crippen LogP contribution in [0.1, 0.15) is 25.3 Å². The minimum absolute atomic E-state index is 0.144. The maximum Gasteiger partial charge on any atom is 0.126 e. The molecule has 0 unspecified atom stereocenters. The highest BCUT2D eigenvalue weighted by atomic mass is 32.2. The van der Waals surface area contributed by atoms with Crippen molar-refractivity contribution >= 4 is 16.8 Å². The van der Waals surface area contributed by atoms with Crippen molar-refractivity contribution in [1.82, 2.24) is 5.43 Å². The Labute approximate surface area is 94.1 Å². The number of hydrogen-bond donors (Lipinski definition) is 1. The summed E-state index contributed by atoms with van der Waals surface area (Å²) in [4.78, 5) is 0.144. The van der Waals surface area contributed by atoms with Gasteiger partial charge in [-0.3, -0.25) is 5.43 Å². The van der Waals surface area contributed by atoms with Crippen LogP contribution >= 0.6 is 11.8 Å². The van der Waals surface area contributed by atoms with E-state index in [-0.39, 0.29) is 4.87 Å². The van der Waals surface area contributed by atoms with Gasteiger partial charge in [0.1, 0.15) is 9.91 Å². The van der Waals surface area contributed by atoms with Crippen LogP contribution in [-0.4, -0.2) is 9.91 Å². The number of nitrogens with zero attached hydrogens (tertiary/aromatic N) is 1. The smallest absolute Gasteiger partial charge is 0.126 e. The first-order valence-corrected chi connectivity index (χ1v) is 6.19. The van der Waals surface area contributed by atoms with Crippen molar-refractivity contribution < 1.29 is 0 Å². The molecule has 1 aromatic carbocycles. The van der Waals surface area contributed by atoms with Crippen molar-refractivity contribution in [3.8, 4) is 0 Å². The molecule has 15 heavy (non-hydrogen) atoms. The number of hydrogen-bond acceptors (Lipinski definition) is 3. The monoisotopic (exact) mass is 218 g/mol. The summed E-state index contributed by atoms with van der Waals surface area (Å²) in [7, 11) is 0. The second-order valence-electron chi connectivity index (χ2n) is 4.38. The average Bonchev–Trinajstić information content (AvgIpc) is 3.05. The van der Waals surface area contributed by atoms with Gasteiger partial charge in [-0.15, -0.1) is 0 Å². The molecule has 0 amide bonds. The quantitative estimate of drug-likeness (QED) is 0.825. The molecule has 1 N–H and O–H groups in total. The van der Waals surface area contributed by atoms with Crippen LogP contribution in [-0.2, 0) is 0 Å². The Kier molecular flexibility index (Phi) is 2.02. The summed E-state index contributed by atoms with van der Waals surface area (Å²) < 4.78 is 0. The molecule has 0 spiro atoms. The van der Waals surface area contributed by atoms with E-state index in [0.717, 1.165) is 11.0 Å². The van der Waals surface area contributed by atoms with Gasteiger partial charge in [0.05, 0.1) is 0 Å². The van der Waals surface area contributed by atoms with E-state index in [0.29, 0.717) is 0 Å². The largest absolute Gasteiger partial charge is 0.292 e. The van der Waals surface area contributed by atoms with Crippen LogP contribution in [0.4, 0.5) is 0 Å². The van der Waals surface area contributed by atoms with E-state index < -0.39 is 0 Å². The fourth-order valence-electron chi connectivity index (χ4n) is 1.92. The summed E-state index contributed by atoms with van der Waals surface area (Å²) in [6.07, 6.45) is 2.68. The van der Waals surface area contributed by atoms with Gasteiger partial charge in [-0.25, -0.2) is 0 Å². The summed E-state index contributed by atoms with van der Waals surface area (Å²) in [5, 5.41) is 5.58. The number of hydrazone groups is 1. The van der Waals surface area contributed by atoms with Crippen LogP contribution in [0, 0.1) is 5.92 Å². The first-order chi connectivity index (χ1) is 7.28. The van der Waals surface area contributed by atoms with E-state index in [9.17, 15) is 0 Å². The van der Waals surface area contributed by atoms with E-state index in [4.69, 9.17) is 0 Å². The highest BCUT2D eigenvalue weighted by Crippen LogP contribution is 2.48. The van der Waals surface area contributed by atoms with E-state index in [1.807, 2.05) is 17.8 Å². The van der Waals surface area contributed by atoms with Crippen molar-refractivity contribution in [3.63, 3.8) is 0 Å². The summed E-state index contributed by atoms with van der Waals surface area (Å²) in [5.41, 5.74) is 4.52. The van der Waals surface area contributed by atoms with Crippen LogP contribution in [0.2, 0.25) is 0 Å². The summed E-state index contributed by atoms with van der Waals surface area (Å²) in [6, 6.07) is 10.4. The topological polar surface area (TPSA) is 24.4 Å². The van der Waals surface area contributed by atoms with Crippen molar-refractivity contribution in [3.05, 3.63) is 35.9 Å². The lowest BCUT2D eigenvalue weighted by Crippen LogP contribution is -2.34. The summed E-state index contributed by atoms with van der Waals surface area (Å²) in [6.45, 7) is 2.26. The normalized spacial score (nSPS) is 29.8. The van der Waals surface area contributed by atoms with Gasteiger partial charge in [-0.05, 0) is 25.7 Å². The highest BCUT2D eigenvalue weighted by Gasteiger charge is 2.45. The van der Waals surface area contributed by atoms with Crippen LogP contribution in [0.5, 0.6) is 0 Å². The van der Waals surface area contributed by atoms with Gasteiger partial charge in [-0.1, -0.05) is 42.1 Å². The molecule has 1 aliphatic heterocycles. The molecular formula is C12H14N2S. The van der Waals surface area contributed by atoms with Gasteiger partial charge in [0.15, 0.2) is 0 Å². The third-order valence-electron chi connectivity index (χ3n) is 3.07. The van der Waals surface area contributed by atoms with Crippen LogP contribution in [0.25, 0.3) is 0 Å². The van der Waals surface area contributed by atoms with Gasteiger partial charge in [-0.2, -0.15) is 5.10 Å². The average molecular weight is 218 g/mol. The van der Waals surface area contributed by atoms with E-state index in [1.54, 1.807) is 0 Å². The van der Waals surface area contributed by atoms with Crippen molar-refractivity contribution in [2.75, 3.05) is 0 Å². The van der Waals surface area contributed by atoms with E-state index in [1.165, 1.54) is 18.4 Å². The van der Waals surface area contributed by atoms with Gasteiger partial charge in [0.25, 0.3) is 0 Å². The molecule has 2 nitrogen and oxygen atoms in total. The molecule has 1 saturated carbocycles.